The molecule has 0 aromatic heterocycles. The molecule has 1 amide bonds. The smallest absolute Gasteiger partial charge is 0.335 e. The Bertz CT molecular complexity index is 637. The van der Waals surface area contributed by atoms with E-state index in [9.17, 15) is 18.0 Å². The molecular weight excluding hydrogens is 294 g/mol. The molecule has 0 unspecified atom stereocenters. The van der Waals surface area contributed by atoms with E-state index in [1.165, 1.54) is 25.2 Å². The number of carbonyl (C=O) groups is 2. The molecule has 0 aliphatic carbocycles. The van der Waals surface area contributed by atoms with Crippen LogP contribution in [0.4, 0.5) is 0 Å². The van der Waals surface area contributed by atoms with Gasteiger partial charge in [0, 0.05) is 13.5 Å². The van der Waals surface area contributed by atoms with Crippen LogP contribution in [-0.4, -0.2) is 38.2 Å². The maximum Gasteiger partial charge on any atom is 0.335 e. The summed E-state index contributed by atoms with van der Waals surface area (Å²) in [6.45, 7) is 1.80. The largest absolute Gasteiger partial charge is 0.478 e. The summed E-state index contributed by atoms with van der Waals surface area (Å²) in [5.74, 6) is -1.57. The monoisotopic (exact) mass is 313 g/mol. The van der Waals surface area contributed by atoms with Crippen molar-refractivity contribution >= 4 is 21.7 Å². The molecule has 21 heavy (non-hydrogen) atoms. The van der Waals surface area contributed by atoms with Crippen LogP contribution in [0.1, 0.15) is 35.7 Å². The summed E-state index contributed by atoms with van der Waals surface area (Å²) in [4.78, 5) is 22.1. The molecule has 116 valence electrons. The first kappa shape index (κ1) is 17.2. The highest BCUT2D eigenvalue weighted by Gasteiger charge is 2.20. The fourth-order valence-electron chi connectivity index (χ4n) is 1.93. The Balaban J connectivity index is 3.03. The van der Waals surface area contributed by atoms with Gasteiger partial charge in [0.05, 0.1) is 16.2 Å². The summed E-state index contributed by atoms with van der Waals surface area (Å²) in [7, 11) is -2.12. The van der Waals surface area contributed by atoms with Gasteiger partial charge in [0.2, 0.25) is 5.91 Å². The number of nitrogens with one attached hydrogen (secondary N) is 1. The maximum atomic E-state index is 12.3. The van der Waals surface area contributed by atoms with Crippen molar-refractivity contribution in [1.82, 2.24) is 5.32 Å². The van der Waals surface area contributed by atoms with Gasteiger partial charge < -0.3 is 10.4 Å². The van der Waals surface area contributed by atoms with Gasteiger partial charge in [-0.1, -0.05) is 13.0 Å². The lowest BCUT2D eigenvalue weighted by molar-refractivity contribution is -0.120. The van der Waals surface area contributed by atoms with Crippen LogP contribution < -0.4 is 5.32 Å². The van der Waals surface area contributed by atoms with E-state index in [4.69, 9.17) is 5.11 Å². The van der Waals surface area contributed by atoms with Gasteiger partial charge in [-0.15, -0.1) is 0 Å². The third-order valence-electron chi connectivity index (χ3n) is 3.13. The van der Waals surface area contributed by atoms with Gasteiger partial charge in [-0.05, 0) is 30.5 Å². The third-order valence-corrected chi connectivity index (χ3v) is 5.00. The zero-order valence-corrected chi connectivity index (χ0v) is 12.9. The van der Waals surface area contributed by atoms with Crippen LogP contribution in [0.15, 0.2) is 23.1 Å². The highest BCUT2D eigenvalue weighted by molar-refractivity contribution is 7.91. The Morgan fingerprint density at radius 1 is 1.29 bits per heavy atom. The molecular formula is C14H19NO5S. The second-order valence-electron chi connectivity index (χ2n) is 4.58. The zero-order valence-electron chi connectivity index (χ0n) is 12.0. The number of carbonyl (C=O) groups excluding carboxylic acids is 1. The quantitative estimate of drug-likeness (QED) is 0.789. The Hall–Kier alpha value is -1.89. The summed E-state index contributed by atoms with van der Waals surface area (Å²) in [5.41, 5.74) is 0.525. The predicted octanol–water partition coefficient (Wildman–Crippen LogP) is 1.25. The SMILES string of the molecule is CCc1ccc(C(=O)O)cc1S(=O)(=O)CCCC(=O)NC. The van der Waals surface area contributed by atoms with Crippen molar-refractivity contribution in [3.05, 3.63) is 29.3 Å². The highest BCUT2D eigenvalue weighted by atomic mass is 32.2. The molecule has 0 fully saturated rings. The van der Waals surface area contributed by atoms with E-state index >= 15 is 0 Å². The summed E-state index contributed by atoms with van der Waals surface area (Å²) < 4.78 is 24.7. The van der Waals surface area contributed by atoms with E-state index in [-0.39, 0.29) is 35.0 Å². The summed E-state index contributed by atoms with van der Waals surface area (Å²) in [5, 5.41) is 11.4. The van der Waals surface area contributed by atoms with Gasteiger partial charge in [-0.25, -0.2) is 13.2 Å². The van der Waals surface area contributed by atoms with Gasteiger partial charge in [0.25, 0.3) is 0 Å². The summed E-state index contributed by atoms with van der Waals surface area (Å²) in [6, 6.07) is 4.11. The Kier molecular flexibility index (Phi) is 5.90. The fourth-order valence-corrected chi connectivity index (χ4v) is 3.59. The van der Waals surface area contributed by atoms with E-state index in [2.05, 4.69) is 5.32 Å². The minimum absolute atomic E-state index is 0.0433. The van der Waals surface area contributed by atoms with Crippen molar-refractivity contribution in [3.63, 3.8) is 0 Å². The number of amides is 1. The zero-order chi connectivity index (χ0) is 16.0. The van der Waals surface area contributed by atoms with Gasteiger partial charge in [-0.3, -0.25) is 4.79 Å². The lowest BCUT2D eigenvalue weighted by Crippen LogP contribution is -2.19. The Morgan fingerprint density at radius 2 is 1.95 bits per heavy atom. The van der Waals surface area contributed by atoms with Crippen LogP contribution in [0.25, 0.3) is 0 Å². The molecule has 1 rings (SSSR count). The minimum atomic E-state index is -3.61. The molecule has 1 aromatic rings. The molecule has 0 aliphatic heterocycles. The van der Waals surface area contributed by atoms with E-state index < -0.39 is 15.8 Å². The number of sulfone groups is 1. The number of carboxylic acids is 1. The van der Waals surface area contributed by atoms with Gasteiger partial charge >= 0.3 is 5.97 Å². The second kappa shape index (κ2) is 7.21. The van der Waals surface area contributed by atoms with Crippen LogP contribution in [0, 0.1) is 0 Å². The van der Waals surface area contributed by atoms with E-state index in [1.54, 1.807) is 6.92 Å². The molecule has 0 radical (unpaired) electrons. The molecule has 0 spiro atoms. The van der Waals surface area contributed by atoms with Crippen molar-refractivity contribution in [2.45, 2.75) is 31.1 Å². The van der Waals surface area contributed by atoms with Crippen LogP contribution in [0.5, 0.6) is 0 Å². The van der Waals surface area contributed by atoms with Crippen molar-refractivity contribution < 1.29 is 23.1 Å². The number of aryl methyl sites for hydroxylation is 1. The van der Waals surface area contributed by atoms with Crippen molar-refractivity contribution in [1.29, 1.82) is 0 Å². The van der Waals surface area contributed by atoms with Gasteiger partial charge in [0.15, 0.2) is 9.84 Å². The Labute approximate surface area is 124 Å². The van der Waals surface area contributed by atoms with Crippen molar-refractivity contribution in [2.75, 3.05) is 12.8 Å². The predicted molar refractivity (Wildman–Crippen MR) is 78.1 cm³/mol. The first-order valence-electron chi connectivity index (χ1n) is 6.61. The van der Waals surface area contributed by atoms with Crippen molar-refractivity contribution in [3.8, 4) is 0 Å². The second-order valence-corrected chi connectivity index (χ2v) is 6.65. The van der Waals surface area contributed by atoms with Gasteiger partial charge in [-0.2, -0.15) is 0 Å². The fraction of sp³-hybridized carbons (Fsp3) is 0.429. The number of carboxylic acid groups (broad SMARTS) is 1. The molecule has 0 atom stereocenters. The van der Waals surface area contributed by atoms with Crippen LogP contribution in [0.3, 0.4) is 0 Å². The molecule has 6 nitrogen and oxygen atoms in total. The summed E-state index contributed by atoms with van der Waals surface area (Å²) in [6.07, 6.45) is 0.808. The topological polar surface area (TPSA) is 101 Å². The maximum absolute atomic E-state index is 12.3. The normalized spacial score (nSPS) is 11.1. The standard InChI is InChI=1S/C14H19NO5S/c1-3-10-6-7-11(14(17)18)9-12(10)21(19,20)8-4-5-13(16)15-2/h6-7,9H,3-5,8H2,1-2H3,(H,15,16)(H,17,18). The van der Waals surface area contributed by atoms with Crippen LogP contribution in [-0.2, 0) is 21.1 Å². The lowest BCUT2D eigenvalue weighted by atomic mass is 10.1. The van der Waals surface area contributed by atoms with Crippen LogP contribution in [0.2, 0.25) is 0 Å². The Morgan fingerprint density at radius 3 is 2.48 bits per heavy atom. The average Bonchev–Trinajstić information content (AvgIpc) is 2.45. The van der Waals surface area contributed by atoms with Gasteiger partial charge in [0.1, 0.15) is 0 Å². The number of hydrogen-bond acceptors (Lipinski definition) is 4. The third kappa shape index (κ3) is 4.56. The molecule has 0 saturated heterocycles. The first-order chi connectivity index (χ1) is 9.81. The first-order valence-corrected chi connectivity index (χ1v) is 8.26. The molecule has 7 heteroatoms. The minimum Gasteiger partial charge on any atom is -0.478 e. The molecule has 0 heterocycles. The molecule has 0 aliphatic rings. The molecule has 1 aromatic carbocycles. The van der Waals surface area contributed by atoms with E-state index in [1.807, 2.05) is 0 Å². The number of benzene rings is 1. The lowest BCUT2D eigenvalue weighted by Gasteiger charge is -2.10. The number of hydrogen-bond donors (Lipinski definition) is 2. The van der Waals surface area contributed by atoms with Crippen molar-refractivity contribution in [2.24, 2.45) is 0 Å². The van der Waals surface area contributed by atoms with Crippen LogP contribution >= 0.6 is 0 Å². The highest BCUT2D eigenvalue weighted by Crippen LogP contribution is 2.21. The molecule has 0 saturated carbocycles. The average molecular weight is 313 g/mol. The van der Waals surface area contributed by atoms with E-state index in [0.717, 1.165) is 0 Å². The number of rotatable bonds is 7. The summed E-state index contributed by atoms with van der Waals surface area (Å²) >= 11 is 0. The van der Waals surface area contributed by atoms with E-state index in [0.29, 0.717) is 12.0 Å². The molecule has 0 bridgehead atoms. The number of aromatic carboxylic acids is 1. The molecule has 2 N–H and O–H groups in total.